The first-order valence-electron chi connectivity index (χ1n) is 3.51. The summed E-state index contributed by atoms with van der Waals surface area (Å²) in [4.78, 5) is 10.7. The van der Waals surface area contributed by atoms with Crippen LogP contribution in [0.3, 0.4) is 0 Å². The summed E-state index contributed by atoms with van der Waals surface area (Å²) in [6, 6.07) is 3.21. The van der Waals surface area contributed by atoms with Gasteiger partial charge in [0.2, 0.25) is 0 Å². The Hall–Kier alpha value is -1.24. The van der Waals surface area contributed by atoms with Gasteiger partial charge in [-0.1, -0.05) is 0 Å². The van der Waals surface area contributed by atoms with Crippen molar-refractivity contribution in [2.45, 2.75) is 6.18 Å². The highest BCUT2D eigenvalue weighted by molar-refractivity contribution is 7.14. The number of hydrogen-bond donors (Lipinski definition) is 1. The number of halogens is 3. The van der Waals surface area contributed by atoms with E-state index in [0.29, 0.717) is 5.00 Å². The number of amides is 1. The van der Waals surface area contributed by atoms with Crippen molar-refractivity contribution in [1.82, 2.24) is 0 Å². The van der Waals surface area contributed by atoms with Gasteiger partial charge in [0.1, 0.15) is 0 Å². The first-order chi connectivity index (χ1) is 6.47. The monoisotopic (exact) mass is 225 g/mol. The van der Waals surface area contributed by atoms with E-state index in [1.165, 1.54) is 11.3 Å². The van der Waals surface area contributed by atoms with Crippen molar-refractivity contribution in [2.75, 3.05) is 11.9 Å². The van der Waals surface area contributed by atoms with E-state index < -0.39 is 18.9 Å². The minimum atomic E-state index is -4.49. The predicted octanol–water partition coefficient (Wildman–Crippen LogP) is 2.86. The van der Waals surface area contributed by atoms with Crippen molar-refractivity contribution in [2.24, 2.45) is 0 Å². The van der Waals surface area contributed by atoms with Gasteiger partial charge in [-0.25, -0.2) is 4.79 Å². The highest BCUT2D eigenvalue weighted by atomic mass is 32.1. The second kappa shape index (κ2) is 4.32. The van der Waals surface area contributed by atoms with Crippen LogP contribution in [-0.2, 0) is 4.74 Å². The van der Waals surface area contributed by atoms with E-state index in [2.05, 4.69) is 10.1 Å². The van der Waals surface area contributed by atoms with E-state index in [0.717, 1.165) is 0 Å². The Morgan fingerprint density at radius 3 is 2.79 bits per heavy atom. The van der Waals surface area contributed by atoms with Crippen molar-refractivity contribution >= 4 is 22.4 Å². The van der Waals surface area contributed by atoms with E-state index in [1.54, 1.807) is 17.5 Å². The molecule has 0 aromatic carbocycles. The molecule has 0 bridgehead atoms. The van der Waals surface area contributed by atoms with E-state index in [4.69, 9.17) is 0 Å². The molecule has 0 saturated carbocycles. The van der Waals surface area contributed by atoms with Gasteiger partial charge >= 0.3 is 12.3 Å². The molecule has 7 heteroatoms. The maximum absolute atomic E-state index is 11.6. The topological polar surface area (TPSA) is 38.3 Å². The maximum Gasteiger partial charge on any atom is 0.422 e. The van der Waals surface area contributed by atoms with Gasteiger partial charge < -0.3 is 4.74 Å². The fourth-order valence-electron chi connectivity index (χ4n) is 0.634. The molecule has 1 aromatic heterocycles. The zero-order valence-electron chi connectivity index (χ0n) is 6.80. The summed E-state index contributed by atoms with van der Waals surface area (Å²) >= 11 is 1.19. The number of anilines is 1. The van der Waals surface area contributed by atoms with Gasteiger partial charge in [0.05, 0.1) is 5.00 Å². The number of nitrogens with one attached hydrogen (secondary N) is 1. The number of rotatable bonds is 2. The molecule has 0 aliphatic heterocycles. The molecule has 0 aliphatic rings. The van der Waals surface area contributed by atoms with Gasteiger partial charge in [0.25, 0.3) is 0 Å². The maximum atomic E-state index is 11.6. The first kappa shape index (κ1) is 10.8. The van der Waals surface area contributed by atoms with Gasteiger partial charge in [-0.3, -0.25) is 5.32 Å². The number of thiophene rings is 1. The van der Waals surface area contributed by atoms with Crippen LogP contribution in [0.15, 0.2) is 17.5 Å². The van der Waals surface area contributed by atoms with E-state index >= 15 is 0 Å². The molecule has 1 amide bonds. The molecule has 0 atom stereocenters. The van der Waals surface area contributed by atoms with Crippen molar-refractivity contribution in [3.63, 3.8) is 0 Å². The Morgan fingerprint density at radius 1 is 1.57 bits per heavy atom. The fourth-order valence-corrected chi connectivity index (χ4v) is 1.24. The molecule has 78 valence electrons. The van der Waals surface area contributed by atoms with Crippen molar-refractivity contribution in [1.29, 1.82) is 0 Å². The Bertz CT molecular complexity index is 296. The number of ether oxygens (including phenoxy) is 1. The van der Waals surface area contributed by atoms with Crippen LogP contribution in [0.4, 0.5) is 23.0 Å². The lowest BCUT2D eigenvalue weighted by Crippen LogP contribution is -2.23. The normalized spacial score (nSPS) is 11.1. The first-order valence-corrected chi connectivity index (χ1v) is 4.39. The summed E-state index contributed by atoms with van der Waals surface area (Å²) in [5.74, 6) is 0. The van der Waals surface area contributed by atoms with Crippen LogP contribution in [0, 0.1) is 0 Å². The summed E-state index contributed by atoms with van der Waals surface area (Å²) in [6.45, 7) is -1.58. The van der Waals surface area contributed by atoms with Gasteiger partial charge in [0.15, 0.2) is 6.61 Å². The minimum Gasteiger partial charge on any atom is -0.440 e. The summed E-state index contributed by atoms with van der Waals surface area (Å²) < 4.78 is 38.7. The third-order valence-electron chi connectivity index (χ3n) is 1.11. The molecule has 1 aromatic rings. The lowest BCUT2D eigenvalue weighted by atomic mass is 10.6. The quantitative estimate of drug-likeness (QED) is 0.840. The lowest BCUT2D eigenvalue weighted by Gasteiger charge is -2.07. The fraction of sp³-hybridized carbons (Fsp3) is 0.286. The van der Waals surface area contributed by atoms with Crippen LogP contribution in [0.5, 0.6) is 0 Å². The molecular formula is C7H6F3NO2S. The standard InChI is InChI=1S/C7H6F3NO2S/c8-7(9,10)4-13-6(12)11-5-2-1-3-14-5/h1-3H,4H2,(H,11,12). The Morgan fingerprint density at radius 2 is 2.29 bits per heavy atom. The molecule has 1 rings (SSSR count). The molecule has 3 nitrogen and oxygen atoms in total. The van der Waals surface area contributed by atoms with Crippen LogP contribution in [0.25, 0.3) is 0 Å². The highest BCUT2D eigenvalue weighted by Gasteiger charge is 2.29. The summed E-state index contributed by atoms with van der Waals surface area (Å²) in [7, 11) is 0. The summed E-state index contributed by atoms with van der Waals surface area (Å²) in [5, 5.41) is 4.27. The molecule has 0 aliphatic carbocycles. The number of alkyl halides is 3. The van der Waals surface area contributed by atoms with Crippen LogP contribution < -0.4 is 5.32 Å². The Balaban J connectivity index is 2.30. The third-order valence-corrected chi connectivity index (χ3v) is 1.90. The predicted molar refractivity (Wildman–Crippen MR) is 45.3 cm³/mol. The summed E-state index contributed by atoms with van der Waals surface area (Å²) in [5.41, 5.74) is 0. The number of carbonyl (C=O) groups excluding carboxylic acids is 1. The smallest absolute Gasteiger partial charge is 0.422 e. The minimum absolute atomic E-state index is 0.442. The molecule has 1 N–H and O–H groups in total. The van der Waals surface area contributed by atoms with Crippen molar-refractivity contribution in [3.8, 4) is 0 Å². The zero-order chi connectivity index (χ0) is 10.6. The van der Waals surface area contributed by atoms with E-state index in [-0.39, 0.29) is 0 Å². The average Bonchev–Trinajstić information content (AvgIpc) is 2.52. The average molecular weight is 225 g/mol. The van der Waals surface area contributed by atoms with E-state index in [9.17, 15) is 18.0 Å². The van der Waals surface area contributed by atoms with E-state index in [1.807, 2.05) is 0 Å². The Kier molecular flexibility index (Phi) is 3.34. The number of carbonyl (C=O) groups is 1. The molecule has 0 unspecified atom stereocenters. The number of hydrogen-bond acceptors (Lipinski definition) is 3. The van der Waals surface area contributed by atoms with Crippen LogP contribution in [0.2, 0.25) is 0 Å². The molecule has 0 saturated heterocycles. The van der Waals surface area contributed by atoms with Gasteiger partial charge in [-0.15, -0.1) is 11.3 Å². The second-order valence-corrected chi connectivity index (χ2v) is 3.24. The molecule has 0 spiro atoms. The summed E-state index contributed by atoms with van der Waals surface area (Å²) in [6.07, 6.45) is -5.60. The third kappa shape index (κ3) is 4.13. The molecular weight excluding hydrogens is 219 g/mol. The van der Waals surface area contributed by atoms with Gasteiger partial charge in [-0.05, 0) is 17.5 Å². The van der Waals surface area contributed by atoms with Gasteiger partial charge in [0, 0.05) is 0 Å². The molecule has 1 heterocycles. The van der Waals surface area contributed by atoms with Crippen LogP contribution in [-0.4, -0.2) is 18.9 Å². The van der Waals surface area contributed by atoms with Crippen LogP contribution >= 0.6 is 11.3 Å². The molecule has 14 heavy (non-hydrogen) atoms. The SMILES string of the molecule is O=C(Nc1cccs1)OCC(F)(F)F. The van der Waals surface area contributed by atoms with Crippen LogP contribution in [0.1, 0.15) is 0 Å². The van der Waals surface area contributed by atoms with Crippen molar-refractivity contribution < 1.29 is 22.7 Å². The molecule has 0 radical (unpaired) electrons. The highest BCUT2D eigenvalue weighted by Crippen LogP contribution is 2.17. The molecule has 0 fully saturated rings. The lowest BCUT2D eigenvalue weighted by molar-refractivity contribution is -0.159. The van der Waals surface area contributed by atoms with Crippen molar-refractivity contribution in [3.05, 3.63) is 17.5 Å². The Labute approximate surface area is 81.5 Å². The zero-order valence-corrected chi connectivity index (χ0v) is 7.61. The second-order valence-electron chi connectivity index (χ2n) is 2.29. The van der Waals surface area contributed by atoms with Gasteiger partial charge in [-0.2, -0.15) is 13.2 Å². The largest absolute Gasteiger partial charge is 0.440 e.